The molecule has 2 rings (SSSR count). The summed E-state index contributed by atoms with van der Waals surface area (Å²) in [5.74, 6) is -0.00769. The van der Waals surface area contributed by atoms with Crippen molar-refractivity contribution in [2.45, 2.75) is 37.4 Å². The highest BCUT2D eigenvalue weighted by Gasteiger charge is 2.84. The third-order valence-electron chi connectivity index (χ3n) is 4.65. The third kappa shape index (κ3) is 1.39. The van der Waals surface area contributed by atoms with Crippen molar-refractivity contribution in [3.8, 4) is 0 Å². The molecule has 0 spiro atoms. The molecule has 0 amide bonds. The molecular weight excluding hydrogens is 291 g/mol. The Bertz CT molecular complexity index is 538. The second-order valence-corrected chi connectivity index (χ2v) is 7.08. The average molecular weight is 306 g/mol. The molecule has 1 saturated carbocycles. The first kappa shape index (κ1) is 14.2. The number of benzene rings is 1. The van der Waals surface area contributed by atoms with Gasteiger partial charge in [-0.05, 0) is 38.0 Å². The van der Waals surface area contributed by atoms with Gasteiger partial charge in [-0.2, -0.15) is 0 Å². The van der Waals surface area contributed by atoms with Crippen LogP contribution in [0.25, 0.3) is 0 Å². The molecule has 98 valence electrons. The molecule has 1 aliphatic carbocycles. The zero-order chi connectivity index (χ0) is 13.9. The second-order valence-electron chi connectivity index (χ2n) is 5.34. The van der Waals surface area contributed by atoms with Gasteiger partial charge in [-0.3, -0.25) is 4.79 Å². The fourth-order valence-electron chi connectivity index (χ4n) is 2.75. The summed E-state index contributed by atoms with van der Waals surface area (Å²) >= 11 is 18.9. The number of hydrogen-bond donors (Lipinski definition) is 0. The fraction of sp³-hybridized carbons (Fsp3) is 0.500. The summed E-state index contributed by atoms with van der Waals surface area (Å²) in [6, 6.07) is 5.71. The molecular formula is C14H15Cl3O. The van der Waals surface area contributed by atoms with Gasteiger partial charge >= 0.3 is 0 Å². The van der Waals surface area contributed by atoms with Gasteiger partial charge in [-0.1, -0.05) is 53.9 Å². The van der Waals surface area contributed by atoms with Crippen LogP contribution in [0.4, 0.5) is 0 Å². The third-order valence-corrected chi connectivity index (χ3v) is 6.57. The van der Waals surface area contributed by atoms with Crippen LogP contribution in [-0.2, 0) is 10.2 Å². The molecule has 1 aromatic rings. The maximum absolute atomic E-state index is 11.9. The van der Waals surface area contributed by atoms with E-state index in [1.807, 2.05) is 39.0 Å². The smallest absolute Gasteiger partial charge is 0.141 e. The van der Waals surface area contributed by atoms with Gasteiger partial charge in [0.25, 0.3) is 0 Å². The van der Waals surface area contributed by atoms with Crippen LogP contribution >= 0.6 is 34.8 Å². The Morgan fingerprint density at radius 2 is 1.78 bits per heavy atom. The van der Waals surface area contributed by atoms with Crippen LogP contribution in [0.15, 0.2) is 18.2 Å². The van der Waals surface area contributed by atoms with E-state index in [0.29, 0.717) is 5.02 Å². The Hall–Kier alpha value is -0.240. The Morgan fingerprint density at radius 3 is 2.17 bits per heavy atom. The molecule has 0 saturated heterocycles. The average Bonchev–Trinajstić information content (AvgIpc) is 2.64. The predicted molar refractivity (Wildman–Crippen MR) is 76.8 cm³/mol. The van der Waals surface area contributed by atoms with Gasteiger partial charge in [-0.25, -0.2) is 0 Å². The number of rotatable bonds is 2. The Kier molecular flexibility index (Phi) is 3.05. The highest BCUT2D eigenvalue weighted by atomic mass is 35.5. The molecule has 1 fully saturated rings. The molecule has 1 aromatic carbocycles. The normalized spacial score (nSPS) is 33.3. The molecule has 1 aliphatic rings. The predicted octanol–water partition coefficient (Wildman–Crippen LogP) is 4.69. The van der Waals surface area contributed by atoms with Gasteiger partial charge in [-0.15, -0.1) is 0 Å². The van der Waals surface area contributed by atoms with E-state index in [0.717, 1.165) is 11.1 Å². The molecule has 0 bridgehead atoms. The minimum atomic E-state index is -1.09. The summed E-state index contributed by atoms with van der Waals surface area (Å²) in [6.07, 6.45) is 0. The molecule has 0 radical (unpaired) electrons. The number of aryl methyl sites for hydroxylation is 1. The molecule has 0 unspecified atom stereocenters. The zero-order valence-electron chi connectivity index (χ0n) is 10.8. The van der Waals surface area contributed by atoms with E-state index in [1.165, 1.54) is 6.92 Å². The molecule has 0 aliphatic heterocycles. The molecule has 2 atom stereocenters. The monoisotopic (exact) mass is 304 g/mol. The number of carbonyl (C=O) groups excluding carboxylic acids is 1. The van der Waals surface area contributed by atoms with E-state index >= 15 is 0 Å². The highest BCUT2D eigenvalue weighted by molar-refractivity contribution is 6.55. The minimum Gasteiger partial charge on any atom is -0.299 e. The van der Waals surface area contributed by atoms with Gasteiger partial charge in [0.15, 0.2) is 0 Å². The Morgan fingerprint density at radius 1 is 1.22 bits per heavy atom. The van der Waals surface area contributed by atoms with Crippen molar-refractivity contribution >= 4 is 40.6 Å². The van der Waals surface area contributed by atoms with Crippen molar-refractivity contribution in [2.75, 3.05) is 0 Å². The van der Waals surface area contributed by atoms with E-state index in [-0.39, 0.29) is 5.78 Å². The Labute approximate surface area is 122 Å². The number of ketones is 1. The summed E-state index contributed by atoms with van der Waals surface area (Å²) < 4.78 is -1.09. The van der Waals surface area contributed by atoms with Crippen molar-refractivity contribution in [3.63, 3.8) is 0 Å². The van der Waals surface area contributed by atoms with Crippen molar-refractivity contribution in [1.82, 2.24) is 0 Å². The topological polar surface area (TPSA) is 17.1 Å². The van der Waals surface area contributed by atoms with E-state index in [2.05, 4.69) is 0 Å². The molecule has 0 heterocycles. The molecule has 0 aromatic heterocycles. The first-order valence-electron chi connectivity index (χ1n) is 5.76. The Balaban J connectivity index is 2.58. The summed E-state index contributed by atoms with van der Waals surface area (Å²) in [7, 11) is 0. The van der Waals surface area contributed by atoms with Gasteiger partial charge in [0.2, 0.25) is 0 Å². The van der Waals surface area contributed by atoms with E-state index in [1.54, 1.807) is 0 Å². The van der Waals surface area contributed by atoms with Gasteiger partial charge < -0.3 is 0 Å². The lowest BCUT2D eigenvalue weighted by atomic mass is 9.86. The molecule has 1 nitrogen and oxygen atoms in total. The first-order valence-corrected chi connectivity index (χ1v) is 6.89. The van der Waals surface area contributed by atoms with Crippen LogP contribution in [0, 0.1) is 12.3 Å². The van der Waals surface area contributed by atoms with Crippen LogP contribution in [0.2, 0.25) is 5.02 Å². The van der Waals surface area contributed by atoms with Crippen molar-refractivity contribution in [1.29, 1.82) is 0 Å². The minimum absolute atomic E-state index is 0.00769. The number of alkyl halides is 2. The number of carbonyl (C=O) groups is 1. The first-order chi connectivity index (χ1) is 8.10. The highest BCUT2D eigenvalue weighted by Crippen LogP contribution is 2.78. The van der Waals surface area contributed by atoms with Crippen molar-refractivity contribution in [3.05, 3.63) is 34.3 Å². The maximum atomic E-state index is 11.9. The lowest BCUT2D eigenvalue weighted by Gasteiger charge is -2.16. The zero-order valence-corrected chi connectivity index (χ0v) is 13.0. The summed E-state index contributed by atoms with van der Waals surface area (Å²) in [5.41, 5.74) is 0.512. The number of halogens is 3. The summed E-state index contributed by atoms with van der Waals surface area (Å²) in [4.78, 5) is 11.9. The van der Waals surface area contributed by atoms with Gasteiger partial charge in [0.1, 0.15) is 10.1 Å². The standard InChI is InChI=1S/C14H15Cl3O/c1-8-5-6-10(7-11(8)15)13(4)12(3,9(2)18)14(13,16)17/h5-7H,1-4H3/t12-,13-/m0/s1. The van der Waals surface area contributed by atoms with E-state index in [9.17, 15) is 4.79 Å². The molecule has 4 heteroatoms. The number of Topliss-reactive ketones (excluding diaryl/α,β-unsaturated/α-hetero) is 1. The van der Waals surface area contributed by atoms with Crippen LogP contribution in [0.1, 0.15) is 31.9 Å². The maximum Gasteiger partial charge on any atom is 0.141 e. The van der Waals surface area contributed by atoms with Crippen LogP contribution < -0.4 is 0 Å². The summed E-state index contributed by atoms with van der Waals surface area (Å²) in [5, 5.41) is 0.663. The number of hydrogen-bond acceptors (Lipinski definition) is 1. The molecule has 0 N–H and O–H groups in total. The second kappa shape index (κ2) is 3.88. The van der Waals surface area contributed by atoms with Crippen LogP contribution in [0.5, 0.6) is 0 Å². The lowest BCUT2D eigenvalue weighted by Crippen LogP contribution is -2.19. The van der Waals surface area contributed by atoms with E-state index < -0.39 is 15.2 Å². The summed E-state index contributed by atoms with van der Waals surface area (Å²) in [6.45, 7) is 7.18. The van der Waals surface area contributed by atoms with Gasteiger partial charge in [0.05, 0.1) is 5.41 Å². The van der Waals surface area contributed by atoms with Crippen LogP contribution in [-0.4, -0.2) is 10.1 Å². The fourth-order valence-corrected chi connectivity index (χ4v) is 4.07. The van der Waals surface area contributed by atoms with Crippen molar-refractivity contribution in [2.24, 2.45) is 5.41 Å². The van der Waals surface area contributed by atoms with Crippen LogP contribution in [0.3, 0.4) is 0 Å². The lowest BCUT2D eigenvalue weighted by molar-refractivity contribution is -0.122. The van der Waals surface area contributed by atoms with Crippen molar-refractivity contribution < 1.29 is 4.79 Å². The molecule has 18 heavy (non-hydrogen) atoms. The van der Waals surface area contributed by atoms with E-state index in [4.69, 9.17) is 34.8 Å². The largest absolute Gasteiger partial charge is 0.299 e. The van der Waals surface area contributed by atoms with Gasteiger partial charge in [0, 0.05) is 10.4 Å². The quantitative estimate of drug-likeness (QED) is 0.725. The SMILES string of the molecule is CC(=O)[C@]1(C)C(Cl)(Cl)[C@@]1(C)c1ccc(C)c(Cl)c1.